The molecule has 0 aromatic heterocycles. The van der Waals surface area contributed by atoms with Crippen molar-refractivity contribution in [2.45, 2.75) is 31.8 Å². The lowest BCUT2D eigenvalue weighted by Crippen LogP contribution is -2.34. The predicted octanol–water partition coefficient (Wildman–Crippen LogP) is 1.37. The van der Waals surface area contributed by atoms with E-state index < -0.39 is 18.4 Å². The number of carbonyl (C=O) groups is 1. The zero-order valence-electron chi connectivity index (χ0n) is 9.14. The number of cyclic esters (lactones) is 1. The quantitative estimate of drug-likeness (QED) is 0.811. The van der Waals surface area contributed by atoms with Crippen LogP contribution < -0.4 is 0 Å². The minimum absolute atomic E-state index is 0.0103. The topological polar surface area (TPSA) is 55.8 Å². The van der Waals surface area contributed by atoms with Crippen LogP contribution in [-0.4, -0.2) is 23.5 Å². The zero-order chi connectivity index (χ0) is 12.3. The van der Waals surface area contributed by atoms with Crippen molar-refractivity contribution in [3.63, 3.8) is 0 Å². The van der Waals surface area contributed by atoms with Gasteiger partial charge in [0.25, 0.3) is 0 Å². The summed E-state index contributed by atoms with van der Waals surface area (Å²) in [6.45, 7) is 0.213. The first-order valence-corrected chi connectivity index (χ1v) is 5.37. The molecule has 0 radical (unpaired) electrons. The number of rotatable bonds is 3. The van der Waals surface area contributed by atoms with Gasteiger partial charge >= 0.3 is 5.97 Å². The summed E-state index contributed by atoms with van der Waals surface area (Å²) in [6.07, 6.45) is -1.16. The van der Waals surface area contributed by atoms with Crippen molar-refractivity contribution in [2.75, 3.05) is 0 Å². The van der Waals surface area contributed by atoms with E-state index >= 15 is 0 Å². The normalized spacial score (nSPS) is 24.5. The second-order valence-electron chi connectivity index (χ2n) is 3.95. The highest BCUT2D eigenvalue weighted by atomic mass is 19.1. The average molecular weight is 240 g/mol. The molecule has 0 unspecified atom stereocenters. The molecule has 0 bridgehead atoms. The summed E-state index contributed by atoms with van der Waals surface area (Å²) >= 11 is 0. The first-order valence-electron chi connectivity index (χ1n) is 5.37. The van der Waals surface area contributed by atoms with E-state index in [1.165, 1.54) is 12.1 Å². The van der Waals surface area contributed by atoms with Crippen LogP contribution in [0.5, 0.6) is 0 Å². The standard InChI is InChI=1S/C12H13FO4/c13-9-3-1-8(2-4-9)7-16-12-6-10(14)5-11(15)17-12/h1-4,10,12,14H,5-7H2/t10-,12-/m0/s1. The van der Waals surface area contributed by atoms with E-state index in [1.54, 1.807) is 12.1 Å². The average Bonchev–Trinajstić information content (AvgIpc) is 2.27. The van der Waals surface area contributed by atoms with E-state index in [-0.39, 0.29) is 25.3 Å². The molecule has 2 rings (SSSR count). The number of aliphatic hydroxyl groups excluding tert-OH is 1. The summed E-state index contributed by atoms with van der Waals surface area (Å²) in [6, 6.07) is 5.85. The summed E-state index contributed by atoms with van der Waals surface area (Å²) in [5.41, 5.74) is 0.780. The van der Waals surface area contributed by atoms with Gasteiger partial charge in [0.15, 0.2) is 0 Å². The SMILES string of the molecule is O=C1C[C@H](O)C[C@@H](OCc2ccc(F)cc2)O1. The van der Waals surface area contributed by atoms with Crippen molar-refractivity contribution >= 4 is 5.97 Å². The largest absolute Gasteiger partial charge is 0.436 e. The van der Waals surface area contributed by atoms with Gasteiger partial charge in [0.1, 0.15) is 5.82 Å². The second kappa shape index (κ2) is 5.25. The monoisotopic (exact) mass is 240 g/mol. The summed E-state index contributed by atoms with van der Waals surface area (Å²) in [5.74, 6) is -0.777. The molecule has 92 valence electrons. The predicted molar refractivity (Wildman–Crippen MR) is 56.3 cm³/mol. The second-order valence-corrected chi connectivity index (χ2v) is 3.95. The molecule has 1 fully saturated rings. The molecule has 1 aromatic carbocycles. The number of aliphatic hydroxyl groups is 1. The number of carbonyl (C=O) groups excluding carboxylic acids is 1. The van der Waals surface area contributed by atoms with E-state index in [1.807, 2.05) is 0 Å². The van der Waals surface area contributed by atoms with Gasteiger partial charge in [-0.3, -0.25) is 4.79 Å². The minimum atomic E-state index is -0.726. The number of ether oxygens (including phenoxy) is 2. The Labute approximate surface area is 98.0 Å². The molecule has 0 saturated carbocycles. The molecule has 1 aliphatic heterocycles. The molecule has 0 spiro atoms. The minimum Gasteiger partial charge on any atom is -0.436 e. The first kappa shape index (κ1) is 12.0. The highest BCUT2D eigenvalue weighted by Crippen LogP contribution is 2.17. The lowest BCUT2D eigenvalue weighted by atomic mass is 10.1. The molecule has 1 aromatic rings. The van der Waals surface area contributed by atoms with Crippen LogP contribution in [0, 0.1) is 5.82 Å². The van der Waals surface area contributed by atoms with Gasteiger partial charge in [-0.25, -0.2) is 4.39 Å². The molecule has 0 amide bonds. The molecular formula is C12H13FO4. The number of benzene rings is 1. The maximum absolute atomic E-state index is 12.6. The lowest BCUT2D eigenvalue weighted by molar-refractivity contribution is -0.202. The van der Waals surface area contributed by atoms with Crippen LogP contribution >= 0.6 is 0 Å². The van der Waals surface area contributed by atoms with Gasteiger partial charge in [0.2, 0.25) is 6.29 Å². The summed E-state index contributed by atoms with van der Waals surface area (Å²) < 4.78 is 22.9. The third-order valence-electron chi connectivity index (χ3n) is 2.48. The van der Waals surface area contributed by atoms with Gasteiger partial charge in [0.05, 0.1) is 19.1 Å². The molecule has 1 heterocycles. The van der Waals surface area contributed by atoms with E-state index in [2.05, 4.69) is 0 Å². The molecule has 2 atom stereocenters. The number of halogens is 1. The van der Waals surface area contributed by atoms with Gasteiger partial charge in [-0.15, -0.1) is 0 Å². The zero-order valence-corrected chi connectivity index (χ0v) is 9.14. The van der Waals surface area contributed by atoms with Gasteiger partial charge < -0.3 is 14.6 Å². The third kappa shape index (κ3) is 3.51. The smallest absolute Gasteiger partial charge is 0.310 e. The van der Waals surface area contributed by atoms with Crippen LogP contribution in [0.2, 0.25) is 0 Å². The summed E-state index contributed by atoms with van der Waals surface area (Å²) in [5, 5.41) is 9.35. The molecule has 1 saturated heterocycles. The molecule has 0 aliphatic carbocycles. The van der Waals surface area contributed by atoms with Crippen LogP contribution in [0.1, 0.15) is 18.4 Å². The molecule has 17 heavy (non-hydrogen) atoms. The highest BCUT2D eigenvalue weighted by molar-refractivity contribution is 5.70. The maximum Gasteiger partial charge on any atom is 0.310 e. The third-order valence-corrected chi connectivity index (χ3v) is 2.48. The Morgan fingerprint density at radius 2 is 2.12 bits per heavy atom. The number of esters is 1. The van der Waals surface area contributed by atoms with Crippen molar-refractivity contribution in [1.82, 2.24) is 0 Å². The summed E-state index contributed by atoms with van der Waals surface area (Å²) in [7, 11) is 0. The van der Waals surface area contributed by atoms with E-state index in [0.717, 1.165) is 5.56 Å². The van der Waals surface area contributed by atoms with Gasteiger partial charge in [-0.1, -0.05) is 12.1 Å². The van der Waals surface area contributed by atoms with Crippen LogP contribution in [0.15, 0.2) is 24.3 Å². The first-order chi connectivity index (χ1) is 8.13. The van der Waals surface area contributed by atoms with Crippen molar-refractivity contribution < 1.29 is 23.8 Å². The fourth-order valence-electron chi connectivity index (χ4n) is 1.61. The molecule has 1 N–H and O–H groups in total. The van der Waals surface area contributed by atoms with Crippen molar-refractivity contribution in [2.24, 2.45) is 0 Å². The number of hydrogen-bond donors (Lipinski definition) is 1. The fourth-order valence-corrected chi connectivity index (χ4v) is 1.61. The van der Waals surface area contributed by atoms with E-state index in [9.17, 15) is 14.3 Å². The maximum atomic E-state index is 12.6. The number of hydrogen-bond acceptors (Lipinski definition) is 4. The van der Waals surface area contributed by atoms with E-state index in [4.69, 9.17) is 9.47 Å². The Hall–Kier alpha value is -1.46. The van der Waals surface area contributed by atoms with Gasteiger partial charge in [0, 0.05) is 6.42 Å². The Kier molecular flexibility index (Phi) is 3.71. The Bertz CT molecular complexity index is 390. The van der Waals surface area contributed by atoms with Crippen LogP contribution in [0.4, 0.5) is 4.39 Å². The fraction of sp³-hybridized carbons (Fsp3) is 0.417. The van der Waals surface area contributed by atoms with Crippen molar-refractivity contribution in [1.29, 1.82) is 0 Å². The van der Waals surface area contributed by atoms with Crippen molar-refractivity contribution in [3.05, 3.63) is 35.6 Å². The van der Waals surface area contributed by atoms with Crippen LogP contribution in [0.25, 0.3) is 0 Å². The van der Waals surface area contributed by atoms with Crippen LogP contribution in [0.3, 0.4) is 0 Å². The van der Waals surface area contributed by atoms with Gasteiger partial charge in [-0.2, -0.15) is 0 Å². The highest BCUT2D eigenvalue weighted by Gasteiger charge is 2.27. The lowest BCUT2D eigenvalue weighted by Gasteiger charge is -2.25. The molecule has 4 nitrogen and oxygen atoms in total. The molecule has 5 heteroatoms. The van der Waals surface area contributed by atoms with Gasteiger partial charge in [-0.05, 0) is 17.7 Å². The molecule has 1 aliphatic rings. The van der Waals surface area contributed by atoms with Crippen LogP contribution in [-0.2, 0) is 20.9 Å². The van der Waals surface area contributed by atoms with Crippen molar-refractivity contribution in [3.8, 4) is 0 Å². The molecular weight excluding hydrogens is 227 g/mol. The Morgan fingerprint density at radius 1 is 1.41 bits per heavy atom. The Morgan fingerprint density at radius 3 is 2.76 bits per heavy atom. The van der Waals surface area contributed by atoms with E-state index in [0.29, 0.717) is 0 Å². The Balaban J connectivity index is 1.85. The summed E-state index contributed by atoms with van der Waals surface area (Å²) in [4.78, 5) is 11.0.